The molecule has 6 nitrogen and oxygen atoms in total. The van der Waals surface area contributed by atoms with Crippen molar-refractivity contribution in [1.29, 1.82) is 0 Å². The number of imide groups is 1. The fraction of sp³-hybridized carbons (Fsp3) is 0.263. The molecule has 2 aromatic rings. The minimum Gasteiger partial charge on any atom is -0.322 e. The van der Waals surface area contributed by atoms with Crippen molar-refractivity contribution in [2.45, 2.75) is 31.9 Å². The summed E-state index contributed by atoms with van der Waals surface area (Å²) in [7, 11) is 0. The Hall–Kier alpha value is -3.16. The van der Waals surface area contributed by atoms with Gasteiger partial charge in [-0.15, -0.1) is 0 Å². The van der Waals surface area contributed by atoms with Crippen LogP contribution < -0.4 is 5.32 Å². The number of fused-ring (bicyclic) bond motifs is 1. The molecule has 3 amide bonds. The quantitative estimate of drug-likeness (QED) is 0.841. The van der Waals surface area contributed by atoms with E-state index >= 15 is 0 Å². The fourth-order valence-corrected chi connectivity index (χ4v) is 3.44. The van der Waals surface area contributed by atoms with Crippen LogP contribution in [0, 0.1) is 0 Å². The second-order valence-electron chi connectivity index (χ2n) is 6.55. The van der Waals surface area contributed by atoms with Gasteiger partial charge in [0.1, 0.15) is 6.04 Å². The van der Waals surface area contributed by atoms with Crippen LogP contribution in [0.1, 0.15) is 40.8 Å². The zero-order valence-corrected chi connectivity index (χ0v) is 14.1. The van der Waals surface area contributed by atoms with Crippen molar-refractivity contribution in [3.8, 4) is 11.3 Å². The van der Waals surface area contributed by atoms with Gasteiger partial charge in [-0.05, 0) is 36.2 Å². The molecule has 4 rings (SSSR count). The molecule has 1 N–H and O–H groups in total. The molecule has 1 aromatic heterocycles. The van der Waals surface area contributed by atoms with Crippen molar-refractivity contribution < 1.29 is 23.2 Å². The van der Waals surface area contributed by atoms with Crippen molar-refractivity contribution in [1.82, 2.24) is 15.2 Å². The van der Waals surface area contributed by atoms with E-state index in [1.54, 1.807) is 18.2 Å². The number of nitrogens with zero attached hydrogens (tertiary/aromatic N) is 2. The molecule has 0 aliphatic carbocycles. The molecule has 1 fully saturated rings. The number of aromatic nitrogens is 1. The Bertz CT molecular complexity index is 944. The van der Waals surface area contributed by atoms with Crippen LogP contribution in [-0.2, 0) is 16.1 Å². The van der Waals surface area contributed by atoms with E-state index in [9.17, 15) is 23.2 Å². The van der Waals surface area contributed by atoms with Crippen LogP contribution in [0.5, 0.6) is 0 Å². The second-order valence-corrected chi connectivity index (χ2v) is 6.55. The molecule has 0 spiro atoms. The maximum Gasteiger partial charge on any atom is 0.265 e. The Morgan fingerprint density at radius 1 is 1.15 bits per heavy atom. The fourth-order valence-electron chi connectivity index (χ4n) is 3.44. The average Bonchev–Trinajstić information content (AvgIpc) is 2.98. The van der Waals surface area contributed by atoms with Crippen molar-refractivity contribution in [3.63, 3.8) is 0 Å². The van der Waals surface area contributed by atoms with Gasteiger partial charge in [0, 0.05) is 35.9 Å². The topological polar surface area (TPSA) is 79.4 Å². The Morgan fingerprint density at radius 2 is 1.96 bits per heavy atom. The third-order valence-electron chi connectivity index (χ3n) is 4.86. The van der Waals surface area contributed by atoms with Crippen LogP contribution in [-0.4, -0.2) is 33.6 Å². The maximum atomic E-state index is 12.7. The summed E-state index contributed by atoms with van der Waals surface area (Å²) in [6.07, 6.45) is -0.948. The summed E-state index contributed by atoms with van der Waals surface area (Å²) in [5.74, 6) is -1.05. The smallest absolute Gasteiger partial charge is 0.265 e. The zero-order chi connectivity index (χ0) is 19.1. The van der Waals surface area contributed by atoms with Gasteiger partial charge in [0.05, 0.1) is 5.69 Å². The Labute approximate surface area is 153 Å². The van der Waals surface area contributed by atoms with Gasteiger partial charge in [-0.2, -0.15) is 0 Å². The number of pyridine rings is 1. The summed E-state index contributed by atoms with van der Waals surface area (Å²) < 4.78 is 25.3. The highest BCUT2D eigenvalue weighted by Crippen LogP contribution is 2.31. The largest absolute Gasteiger partial charge is 0.322 e. The number of nitrogens with one attached hydrogen (secondary N) is 1. The maximum absolute atomic E-state index is 12.7. The average molecular weight is 371 g/mol. The van der Waals surface area contributed by atoms with Crippen LogP contribution in [0.2, 0.25) is 0 Å². The summed E-state index contributed by atoms with van der Waals surface area (Å²) in [5.41, 5.74) is 2.30. The highest BCUT2D eigenvalue weighted by atomic mass is 19.3. The van der Waals surface area contributed by atoms with E-state index in [-0.39, 0.29) is 30.3 Å². The first kappa shape index (κ1) is 17.3. The molecule has 1 atom stereocenters. The van der Waals surface area contributed by atoms with Gasteiger partial charge in [-0.25, -0.2) is 8.78 Å². The van der Waals surface area contributed by atoms with E-state index in [0.717, 1.165) is 11.8 Å². The molecule has 1 unspecified atom stereocenters. The predicted octanol–water partition coefficient (Wildman–Crippen LogP) is 2.45. The summed E-state index contributed by atoms with van der Waals surface area (Å²) >= 11 is 0. The monoisotopic (exact) mass is 371 g/mol. The third kappa shape index (κ3) is 3.07. The van der Waals surface area contributed by atoms with E-state index < -0.39 is 18.4 Å². The summed E-state index contributed by atoms with van der Waals surface area (Å²) in [6.45, 7) is 0.253. The van der Waals surface area contributed by atoms with Crippen LogP contribution >= 0.6 is 0 Å². The molecular formula is C19H15F2N3O3. The summed E-state index contributed by atoms with van der Waals surface area (Å²) in [5, 5.41) is 2.26. The molecule has 0 radical (unpaired) electrons. The SMILES string of the molecule is O=C1CCC(N2Cc3cc(-c4ccc(C(F)F)cn4)ccc3C2=O)C(=O)N1. The van der Waals surface area contributed by atoms with Crippen molar-refractivity contribution in [3.05, 3.63) is 53.2 Å². The number of alkyl halides is 2. The molecule has 1 aromatic carbocycles. The Morgan fingerprint density at radius 3 is 2.63 bits per heavy atom. The molecule has 2 aliphatic rings. The standard InChI is InChI=1S/C19H15F2N3O3/c20-17(21)11-2-4-14(22-8-11)10-1-3-13-12(7-10)9-24(19(13)27)15-5-6-16(25)23-18(15)26/h1-4,7-8,15,17H,5-6,9H2,(H,23,25,26). The predicted molar refractivity (Wildman–Crippen MR) is 90.7 cm³/mol. The number of hydrogen-bond donors (Lipinski definition) is 1. The molecule has 27 heavy (non-hydrogen) atoms. The number of carbonyl (C=O) groups is 3. The van der Waals surface area contributed by atoms with Crippen LogP contribution in [0.3, 0.4) is 0 Å². The van der Waals surface area contributed by atoms with Gasteiger partial charge in [0.25, 0.3) is 12.3 Å². The van der Waals surface area contributed by atoms with Gasteiger partial charge in [-0.3, -0.25) is 24.7 Å². The van der Waals surface area contributed by atoms with Crippen LogP contribution in [0.4, 0.5) is 8.78 Å². The normalized spacial score (nSPS) is 19.4. The summed E-state index contributed by atoms with van der Waals surface area (Å²) in [4.78, 5) is 41.6. The minimum absolute atomic E-state index is 0.154. The lowest BCUT2D eigenvalue weighted by atomic mass is 10.0. The zero-order valence-electron chi connectivity index (χ0n) is 14.1. The number of amides is 3. The van der Waals surface area contributed by atoms with Crippen LogP contribution in [0.15, 0.2) is 36.5 Å². The first-order chi connectivity index (χ1) is 12.9. The molecule has 8 heteroatoms. The molecule has 0 bridgehead atoms. The highest BCUT2D eigenvalue weighted by molar-refractivity contribution is 6.05. The third-order valence-corrected chi connectivity index (χ3v) is 4.86. The van der Waals surface area contributed by atoms with Gasteiger partial charge in [0.15, 0.2) is 0 Å². The highest BCUT2D eigenvalue weighted by Gasteiger charge is 2.39. The van der Waals surface area contributed by atoms with Gasteiger partial charge in [-0.1, -0.05) is 6.07 Å². The van der Waals surface area contributed by atoms with Crippen molar-refractivity contribution in [2.75, 3.05) is 0 Å². The number of piperidine rings is 1. The van der Waals surface area contributed by atoms with E-state index in [1.165, 1.54) is 17.0 Å². The lowest BCUT2D eigenvalue weighted by molar-refractivity contribution is -0.136. The number of carbonyl (C=O) groups excluding carboxylic acids is 3. The molecule has 138 valence electrons. The molecule has 2 aliphatic heterocycles. The second kappa shape index (κ2) is 6.53. The van der Waals surface area contributed by atoms with Gasteiger partial charge in [0.2, 0.25) is 11.8 Å². The van der Waals surface area contributed by atoms with Crippen molar-refractivity contribution in [2.24, 2.45) is 0 Å². The Kier molecular flexibility index (Phi) is 4.18. The van der Waals surface area contributed by atoms with E-state index in [2.05, 4.69) is 10.3 Å². The number of benzene rings is 1. The van der Waals surface area contributed by atoms with Gasteiger partial charge >= 0.3 is 0 Å². The first-order valence-corrected chi connectivity index (χ1v) is 8.46. The molecule has 0 saturated carbocycles. The van der Waals surface area contributed by atoms with E-state index in [0.29, 0.717) is 23.2 Å². The van der Waals surface area contributed by atoms with E-state index in [4.69, 9.17) is 0 Å². The lowest BCUT2D eigenvalue weighted by Crippen LogP contribution is -2.52. The minimum atomic E-state index is -2.58. The number of halogens is 2. The van der Waals surface area contributed by atoms with Crippen LogP contribution in [0.25, 0.3) is 11.3 Å². The number of rotatable bonds is 3. The lowest BCUT2D eigenvalue weighted by Gasteiger charge is -2.29. The molecular weight excluding hydrogens is 356 g/mol. The summed E-state index contributed by atoms with van der Waals surface area (Å²) in [6, 6.07) is 7.30. The molecule has 1 saturated heterocycles. The number of hydrogen-bond acceptors (Lipinski definition) is 4. The van der Waals surface area contributed by atoms with Gasteiger partial charge < -0.3 is 4.90 Å². The Balaban J connectivity index is 1.59. The van der Waals surface area contributed by atoms with E-state index in [1.807, 2.05) is 0 Å². The first-order valence-electron chi connectivity index (χ1n) is 8.46. The molecule has 3 heterocycles. The van der Waals surface area contributed by atoms with Crippen molar-refractivity contribution >= 4 is 17.7 Å².